The number of nitrogens with one attached hydrogen (secondary N) is 1. The molecular formula is C27H48NO6P. The van der Waals surface area contributed by atoms with Crippen LogP contribution in [0.1, 0.15) is 115 Å². The molecular weight excluding hydrogens is 465 g/mol. The normalized spacial score (nSPS) is 11.5. The molecule has 35 heavy (non-hydrogen) atoms. The number of amides is 1. The van der Waals surface area contributed by atoms with Crippen molar-refractivity contribution in [3.63, 3.8) is 0 Å². The average Bonchev–Trinajstić information content (AvgIpc) is 2.81. The topological polar surface area (TPSA) is 105 Å². The smallest absolute Gasteiger partial charge is 0.329 e. The molecule has 0 radical (unpaired) electrons. The van der Waals surface area contributed by atoms with E-state index in [1.807, 2.05) is 0 Å². The molecule has 7 nitrogen and oxygen atoms in total. The maximum atomic E-state index is 12.4. The number of hydrogen-bond donors (Lipinski definition) is 3. The molecule has 3 N–H and O–H groups in total. The first-order chi connectivity index (χ1) is 16.8. The van der Waals surface area contributed by atoms with Gasteiger partial charge in [-0.15, -0.1) is 0 Å². The molecule has 8 heteroatoms. The van der Waals surface area contributed by atoms with E-state index < -0.39 is 13.8 Å². The fourth-order valence-electron chi connectivity index (χ4n) is 4.26. The molecule has 0 atom stereocenters. The van der Waals surface area contributed by atoms with Gasteiger partial charge in [0.1, 0.15) is 0 Å². The van der Waals surface area contributed by atoms with E-state index in [-0.39, 0.29) is 5.91 Å². The Kier molecular flexibility index (Phi) is 16.8. The zero-order chi connectivity index (χ0) is 25.9. The number of ether oxygens (including phenoxy) is 2. The minimum Gasteiger partial charge on any atom is -0.493 e. The van der Waals surface area contributed by atoms with Crippen molar-refractivity contribution in [1.29, 1.82) is 0 Å². The maximum absolute atomic E-state index is 12.4. The van der Waals surface area contributed by atoms with Gasteiger partial charge in [0.25, 0.3) is 0 Å². The van der Waals surface area contributed by atoms with Crippen molar-refractivity contribution < 1.29 is 28.6 Å². The highest BCUT2D eigenvalue weighted by molar-refractivity contribution is 7.50. The van der Waals surface area contributed by atoms with E-state index >= 15 is 0 Å². The van der Waals surface area contributed by atoms with Crippen LogP contribution in [0.25, 0.3) is 0 Å². The molecule has 0 fully saturated rings. The predicted molar refractivity (Wildman–Crippen MR) is 143 cm³/mol. The van der Waals surface area contributed by atoms with Crippen LogP contribution in [0.15, 0.2) is 12.1 Å². The van der Waals surface area contributed by atoms with Crippen LogP contribution < -0.4 is 14.8 Å². The molecule has 0 bridgehead atoms. The third-order valence-electron chi connectivity index (χ3n) is 6.27. The quantitative estimate of drug-likeness (QED) is 0.116. The van der Waals surface area contributed by atoms with E-state index in [4.69, 9.17) is 9.47 Å². The van der Waals surface area contributed by atoms with Gasteiger partial charge in [-0.2, -0.15) is 0 Å². The summed E-state index contributed by atoms with van der Waals surface area (Å²) in [5.41, 5.74) is 0.665. The van der Waals surface area contributed by atoms with E-state index in [1.165, 1.54) is 97.3 Å². The van der Waals surface area contributed by atoms with Gasteiger partial charge in [0.2, 0.25) is 5.91 Å². The summed E-state index contributed by atoms with van der Waals surface area (Å²) in [5.74, 6) is 0.583. The van der Waals surface area contributed by atoms with Gasteiger partial charge in [-0.1, -0.05) is 96.8 Å². The number of benzene rings is 1. The second-order valence-corrected chi connectivity index (χ2v) is 11.1. The van der Waals surface area contributed by atoms with Crippen LogP contribution in [0, 0.1) is 0 Å². The van der Waals surface area contributed by atoms with Crippen LogP contribution in [-0.2, 0) is 15.5 Å². The maximum Gasteiger partial charge on any atom is 0.329 e. The summed E-state index contributed by atoms with van der Waals surface area (Å²) in [6.07, 6.45) is 18.9. The van der Waals surface area contributed by atoms with Gasteiger partial charge in [0.05, 0.1) is 20.4 Å². The molecule has 1 aromatic carbocycles. The summed E-state index contributed by atoms with van der Waals surface area (Å²) in [6, 6.07) is 3.05. The average molecular weight is 514 g/mol. The number of carbonyl (C=O) groups excluding carboxylic acids is 1. The van der Waals surface area contributed by atoms with E-state index in [1.54, 1.807) is 6.07 Å². The summed E-state index contributed by atoms with van der Waals surface area (Å²) in [6.45, 7) is 2.26. The Balaban J connectivity index is 2.23. The minimum absolute atomic E-state index is 0.168. The van der Waals surface area contributed by atoms with Gasteiger partial charge >= 0.3 is 7.60 Å². The summed E-state index contributed by atoms with van der Waals surface area (Å²) >= 11 is 0. The molecule has 0 unspecified atom stereocenters. The van der Waals surface area contributed by atoms with Gasteiger partial charge in [-0.25, -0.2) is 0 Å². The van der Waals surface area contributed by atoms with Crippen LogP contribution in [-0.4, -0.2) is 29.9 Å². The van der Waals surface area contributed by atoms with Crippen LogP contribution in [0.5, 0.6) is 11.5 Å². The first-order valence-corrected chi connectivity index (χ1v) is 15.2. The first-order valence-electron chi connectivity index (χ1n) is 13.4. The fraction of sp³-hybridized carbons (Fsp3) is 0.741. The molecule has 0 saturated carbocycles. The Labute approximate surface area is 212 Å². The molecule has 0 aliphatic heterocycles. The van der Waals surface area contributed by atoms with E-state index in [0.717, 1.165) is 19.3 Å². The molecule has 0 aliphatic carbocycles. The van der Waals surface area contributed by atoms with Gasteiger partial charge in [0, 0.05) is 18.2 Å². The fourth-order valence-corrected chi connectivity index (χ4v) is 4.97. The molecule has 202 valence electrons. The van der Waals surface area contributed by atoms with Gasteiger partial charge in [-0.05, 0) is 18.1 Å². The molecule has 1 rings (SSSR count). The van der Waals surface area contributed by atoms with Gasteiger partial charge in [0.15, 0.2) is 11.5 Å². The monoisotopic (exact) mass is 513 g/mol. The van der Waals surface area contributed by atoms with E-state index in [2.05, 4.69) is 12.2 Å². The van der Waals surface area contributed by atoms with Gasteiger partial charge < -0.3 is 24.6 Å². The van der Waals surface area contributed by atoms with E-state index in [9.17, 15) is 19.1 Å². The lowest BCUT2D eigenvalue weighted by Crippen LogP contribution is -2.13. The summed E-state index contributed by atoms with van der Waals surface area (Å²) in [4.78, 5) is 31.2. The highest BCUT2D eigenvalue weighted by atomic mass is 31.2. The van der Waals surface area contributed by atoms with Crippen LogP contribution in [0.4, 0.5) is 5.69 Å². The molecule has 0 spiro atoms. The molecule has 0 saturated heterocycles. The Hall–Kier alpha value is -1.56. The Morgan fingerprint density at radius 1 is 0.771 bits per heavy atom. The number of unbranched alkanes of at least 4 members (excludes halogenated alkanes) is 14. The van der Waals surface area contributed by atoms with Crippen LogP contribution in [0.2, 0.25) is 0 Å². The Morgan fingerprint density at radius 3 is 1.63 bits per heavy atom. The molecule has 0 aliphatic rings. The Morgan fingerprint density at radius 2 is 1.20 bits per heavy atom. The molecule has 0 aromatic heterocycles. The van der Waals surface area contributed by atoms with Crippen molar-refractivity contribution in [2.45, 2.75) is 116 Å². The number of carbonyl (C=O) groups is 1. The Bertz CT molecular complexity index is 764. The number of anilines is 1. The zero-order valence-corrected chi connectivity index (χ0v) is 23.0. The first kappa shape index (κ1) is 31.5. The van der Waals surface area contributed by atoms with E-state index in [0.29, 0.717) is 29.2 Å². The number of methoxy groups -OCH3 is 2. The highest BCUT2D eigenvalue weighted by Crippen LogP contribution is 2.44. The lowest BCUT2D eigenvalue weighted by Gasteiger charge is -2.16. The van der Waals surface area contributed by atoms with Crippen molar-refractivity contribution >= 4 is 19.2 Å². The third kappa shape index (κ3) is 15.2. The lowest BCUT2D eigenvalue weighted by atomic mass is 10.0. The highest BCUT2D eigenvalue weighted by Gasteiger charge is 2.20. The minimum atomic E-state index is -4.31. The van der Waals surface area contributed by atoms with Crippen molar-refractivity contribution in [2.24, 2.45) is 0 Å². The van der Waals surface area contributed by atoms with Crippen LogP contribution >= 0.6 is 7.60 Å². The SMILES string of the molecule is CCCCCCCCCCCCCCCCCC(=O)Nc1cc(OC)c(OC)cc1CP(=O)(O)O. The second-order valence-electron chi connectivity index (χ2n) is 9.44. The summed E-state index contributed by atoms with van der Waals surface area (Å²) in [5, 5.41) is 2.79. The lowest BCUT2D eigenvalue weighted by molar-refractivity contribution is -0.116. The van der Waals surface area contributed by atoms with Crippen molar-refractivity contribution in [2.75, 3.05) is 19.5 Å². The predicted octanol–water partition coefficient (Wildman–Crippen LogP) is 7.58. The third-order valence-corrected chi connectivity index (χ3v) is 7.02. The number of hydrogen-bond acceptors (Lipinski definition) is 4. The summed E-state index contributed by atoms with van der Waals surface area (Å²) in [7, 11) is -1.39. The van der Waals surface area contributed by atoms with Crippen LogP contribution in [0.3, 0.4) is 0 Å². The molecule has 1 aromatic rings. The standard InChI is InChI=1S/C27H48NO6P/c1-4-5-6-7-8-9-10-11-12-13-14-15-16-17-18-19-27(29)28-24-21-26(34-3)25(33-2)20-23(24)22-35(30,31)32/h20-21H,4-19,22H2,1-3H3,(H,28,29)(H2,30,31,32). The largest absolute Gasteiger partial charge is 0.493 e. The number of rotatable bonds is 21. The van der Waals surface area contributed by atoms with Crippen molar-refractivity contribution in [3.05, 3.63) is 17.7 Å². The molecule has 1 amide bonds. The summed E-state index contributed by atoms with van der Waals surface area (Å²) < 4.78 is 22.0. The van der Waals surface area contributed by atoms with Crippen molar-refractivity contribution in [3.8, 4) is 11.5 Å². The van der Waals surface area contributed by atoms with Crippen molar-refractivity contribution in [1.82, 2.24) is 0 Å². The second kappa shape index (κ2) is 18.7. The van der Waals surface area contributed by atoms with Gasteiger partial charge in [-0.3, -0.25) is 9.36 Å². The molecule has 0 heterocycles. The zero-order valence-electron chi connectivity index (χ0n) is 22.2.